The first-order valence-electron chi connectivity index (χ1n) is 9.95. The zero-order valence-electron chi connectivity index (χ0n) is 16.5. The van der Waals surface area contributed by atoms with E-state index in [0.29, 0.717) is 16.4 Å². The molecule has 1 aliphatic rings. The van der Waals surface area contributed by atoms with Gasteiger partial charge in [-0.3, -0.25) is 9.59 Å². The van der Waals surface area contributed by atoms with Crippen LogP contribution < -0.4 is 11.1 Å². The SMILES string of the molecule is NC(=O)c1c(NC(=O)c2nc(-c3ccccc3)n(-c3ccccc3)n2)sc2c1CCC2. The van der Waals surface area contributed by atoms with Crippen LogP contribution in [-0.4, -0.2) is 26.6 Å². The van der Waals surface area contributed by atoms with Gasteiger partial charge in [0.2, 0.25) is 5.82 Å². The van der Waals surface area contributed by atoms with Crippen LogP contribution in [0.4, 0.5) is 5.00 Å². The van der Waals surface area contributed by atoms with Crippen molar-refractivity contribution in [1.29, 1.82) is 0 Å². The van der Waals surface area contributed by atoms with Gasteiger partial charge in [-0.2, -0.15) is 0 Å². The molecule has 0 bridgehead atoms. The number of anilines is 1. The van der Waals surface area contributed by atoms with E-state index in [9.17, 15) is 9.59 Å². The van der Waals surface area contributed by atoms with Gasteiger partial charge in [0.1, 0.15) is 5.00 Å². The van der Waals surface area contributed by atoms with Crippen LogP contribution in [0.25, 0.3) is 17.1 Å². The highest BCUT2D eigenvalue weighted by molar-refractivity contribution is 7.17. The second kappa shape index (κ2) is 7.81. The number of benzene rings is 2. The van der Waals surface area contributed by atoms with E-state index in [2.05, 4.69) is 15.4 Å². The molecule has 0 fully saturated rings. The number of aryl methyl sites for hydroxylation is 1. The number of aromatic nitrogens is 3. The van der Waals surface area contributed by atoms with Crippen molar-refractivity contribution in [2.45, 2.75) is 19.3 Å². The summed E-state index contributed by atoms with van der Waals surface area (Å²) in [6.45, 7) is 0. The van der Waals surface area contributed by atoms with E-state index >= 15 is 0 Å². The van der Waals surface area contributed by atoms with E-state index < -0.39 is 11.8 Å². The smallest absolute Gasteiger partial charge is 0.295 e. The molecule has 0 aliphatic heterocycles. The Hall–Kier alpha value is -3.78. The number of para-hydroxylation sites is 1. The zero-order chi connectivity index (χ0) is 21.4. The van der Waals surface area contributed by atoms with Gasteiger partial charge < -0.3 is 11.1 Å². The van der Waals surface area contributed by atoms with Crippen LogP contribution in [-0.2, 0) is 12.8 Å². The second-order valence-electron chi connectivity index (χ2n) is 7.25. The van der Waals surface area contributed by atoms with Crippen LogP contribution in [0, 0.1) is 0 Å². The molecule has 0 spiro atoms. The van der Waals surface area contributed by atoms with Crippen LogP contribution in [0.15, 0.2) is 60.7 Å². The minimum absolute atomic E-state index is 0.0201. The number of carbonyl (C=O) groups excluding carboxylic acids is 2. The van der Waals surface area contributed by atoms with Crippen molar-refractivity contribution in [3.05, 3.63) is 82.5 Å². The molecule has 0 saturated carbocycles. The number of nitrogens with zero attached hydrogens (tertiary/aromatic N) is 3. The summed E-state index contributed by atoms with van der Waals surface area (Å²) in [5.74, 6) is -0.427. The second-order valence-corrected chi connectivity index (χ2v) is 8.36. The van der Waals surface area contributed by atoms with Crippen molar-refractivity contribution in [3.63, 3.8) is 0 Å². The summed E-state index contributed by atoms with van der Waals surface area (Å²) in [5.41, 5.74) is 8.61. The van der Waals surface area contributed by atoms with Crippen molar-refractivity contribution in [3.8, 4) is 17.1 Å². The van der Waals surface area contributed by atoms with Crippen molar-refractivity contribution in [1.82, 2.24) is 14.8 Å². The molecule has 2 amide bonds. The summed E-state index contributed by atoms with van der Waals surface area (Å²) in [7, 11) is 0. The maximum atomic E-state index is 13.0. The number of thiophene rings is 1. The molecule has 2 aromatic heterocycles. The quantitative estimate of drug-likeness (QED) is 0.503. The van der Waals surface area contributed by atoms with E-state index in [1.54, 1.807) is 4.68 Å². The van der Waals surface area contributed by atoms with Crippen LogP contribution in [0.5, 0.6) is 0 Å². The molecule has 4 aromatic rings. The van der Waals surface area contributed by atoms with Crippen molar-refractivity contribution >= 4 is 28.2 Å². The Balaban J connectivity index is 1.54. The van der Waals surface area contributed by atoms with Gasteiger partial charge in [-0.1, -0.05) is 48.5 Å². The minimum atomic E-state index is -0.526. The summed E-state index contributed by atoms with van der Waals surface area (Å²) in [6, 6.07) is 19.1. The Bertz CT molecular complexity index is 1220. The Morgan fingerprint density at radius 2 is 1.71 bits per heavy atom. The first-order valence-corrected chi connectivity index (χ1v) is 10.8. The minimum Gasteiger partial charge on any atom is -0.365 e. The van der Waals surface area contributed by atoms with Crippen molar-refractivity contribution < 1.29 is 9.59 Å². The molecule has 31 heavy (non-hydrogen) atoms. The molecule has 2 aromatic carbocycles. The van der Waals surface area contributed by atoms with E-state index in [4.69, 9.17) is 5.73 Å². The van der Waals surface area contributed by atoms with Gasteiger partial charge in [-0.25, -0.2) is 9.67 Å². The molecule has 0 saturated heterocycles. The summed E-state index contributed by atoms with van der Waals surface area (Å²) >= 11 is 1.41. The Morgan fingerprint density at radius 3 is 2.42 bits per heavy atom. The molecule has 7 nitrogen and oxygen atoms in total. The fourth-order valence-electron chi connectivity index (χ4n) is 3.84. The van der Waals surface area contributed by atoms with Crippen LogP contribution in [0.2, 0.25) is 0 Å². The van der Waals surface area contributed by atoms with Gasteiger partial charge in [0.05, 0.1) is 11.3 Å². The highest BCUT2D eigenvalue weighted by Crippen LogP contribution is 2.39. The molecule has 0 radical (unpaired) electrons. The molecule has 5 rings (SSSR count). The largest absolute Gasteiger partial charge is 0.365 e. The summed E-state index contributed by atoms with van der Waals surface area (Å²) in [4.78, 5) is 30.7. The molecular weight excluding hydrogens is 410 g/mol. The number of rotatable bonds is 5. The van der Waals surface area contributed by atoms with Gasteiger partial charge in [-0.15, -0.1) is 16.4 Å². The lowest BCUT2D eigenvalue weighted by atomic mass is 10.1. The predicted molar refractivity (Wildman–Crippen MR) is 120 cm³/mol. The van der Waals surface area contributed by atoms with Gasteiger partial charge in [-0.05, 0) is 37.0 Å². The van der Waals surface area contributed by atoms with Crippen molar-refractivity contribution in [2.75, 3.05) is 5.32 Å². The Morgan fingerprint density at radius 1 is 1.00 bits per heavy atom. The lowest BCUT2D eigenvalue weighted by Crippen LogP contribution is -2.18. The lowest BCUT2D eigenvalue weighted by molar-refractivity contribution is 0.100. The maximum Gasteiger partial charge on any atom is 0.295 e. The fourth-order valence-corrected chi connectivity index (χ4v) is 5.13. The number of nitrogens with one attached hydrogen (secondary N) is 1. The number of hydrogen-bond donors (Lipinski definition) is 2. The van der Waals surface area contributed by atoms with E-state index in [0.717, 1.165) is 41.0 Å². The highest BCUT2D eigenvalue weighted by Gasteiger charge is 2.27. The maximum absolute atomic E-state index is 13.0. The molecule has 2 heterocycles. The van der Waals surface area contributed by atoms with Crippen LogP contribution in [0.1, 0.15) is 37.8 Å². The number of fused-ring (bicyclic) bond motifs is 1. The third-order valence-electron chi connectivity index (χ3n) is 5.24. The standard InChI is InChI=1S/C23H19N5O2S/c24-19(29)18-16-12-7-13-17(16)31-23(18)26-22(30)20-25-21(14-8-3-1-4-9-14)28(27-20)15-10-5-2-6-11-15/h1-6,8-11H,7,12-13H2,(H2,24,29)(H,26,30). The Kier molecular flexibility index (Phi) is 4.83. The monoisotopic (exact) mass is 429 g/mol. The Labute approximate surface area is 182 Å². The number of carbonyl (C=O) groups is 2. The average Bonchev–Trinajstić information content (AvgIpc) is 3.49. The van der Waals surface area contributed by atoms with Gasteiger partial charge in [0.15, 0.2) is 5.82 Å². The zero-order valence-corrected chi connectivity index (χ0v) is 17.4. The number of hydrogen-bond acceptors (Lipinski definition) is 5. The summed E-state index contributed by atoms with van der Waals surface area (Å²) < 4.78 is 1.65. The fraction of sp³-hybridized carbons (Fsp3) is 0.130. The number of nitrogens with two attached hydrogens (primary N) is 1. The van der Waals surface area contributed by atoms with Crippen LogP contribution >= 0.6 is 11.3 Å². The topological polar surface area (TPSA) is 103 Å². The molecule has 3 N–H and O–H groups in total. The number of primary amides is 1. The predicted octanol–water partition coefficient (Wildman–Crippen LogP) is 3.84. The van der Waals surface area contributed by atoms with Crippen molar-refractivity contribution in [2.24, 2.45) is 5.73 Å². The molecule has 1 aliphatic carbocycles. The van der Waals surface area contributed by atoms with Gasteiger partial charge in [0.25, 0.3) is 11.8 Å². The number of amides is 2. The van der Waals surface area contributed by atoms with Crippen LogP contribution in [0.3, 0.4) is 0 Å². The normalized spacial score (nSPS) is 12.5. The summed E-state index contributed by atoms with van der Waals surface area (Å²) in [5, 5.41) is 7.77. The van der Waals surface area contributed by atoms with E-state index in [1.165, 1.54) is 11.3 Å². The molecule has 8 heteroatoms. The average molecular weight is 430 g/mol. The molecule has 154 valence electrons. The van der Waals surface area contributed by atoms with Gasteiger partial charge in [0, 0.05) is 10.4 Å². The third kappa shape index (κ3) is 3.51. The molecule has 0 atom stereocenters. The summed E-state index contributed by atoms with van der Waals surface area (Å²) in [6.07, 6.45) is 2.70. The van der Waals surface area contributed by atoms with E-state index in [1.807, 2.05) is 60.7 Å². The molecular formula is C23H19N5O2S. The first-order chi connectivity index (χ1) is 15.1. The third-order valence-corrected chi connectivity index (χ3v) is 6.44. The first kappa shape index (κ1) is 19.2. The molecule has 0 unspecified atom stereocenters. The van der Waals surface area contributed by atoms with E-state index in [-0.39, 0.29) is 5.82 Å². The highest BCUT2D eigenvalue weighted by atomic mass is 32.1. The lowest BCUT2D eigenvalue weighted by Gasteiger charge is -2.05. The van der Waals surface area contributed by atoms with Gasteiger partial charge >= 0.3 is 0 Å².